The van der Waals surface area contributed by atoms with Gasteiger partial charge in [0.15, 0.2) is 0 Å². The van der Waals surface area contributed by atoms with Crippen molar-refractivity contribution in [2.75, 3.05) is 0 Å². The third-order valence-corrected chi connectivity index (χ3v) is 8.24. The van der Waals surface area contributed by atoms with E-state index in [-0.39, 0.29) is 0 Å². The van der Waals surface area contributed by atoms with Crippen LogP contribution in [0.4, 0.5) is 0 Å². The van der Waals surface area contributed by atoms with Crippen LogP contribution in [-0.4, -0.2) is 13.2 Å². The molecule has 1 aromatic heterocycles. The number of benzene rings is 2. The maximum Gasteiger partial charge on any atom is 0.394 e. The molecule has 0 atom stereocenters. The van der Waals surface area contributed by atoms with Gasteiger partial charge in [0.1, 0.15) is 0 Å². The van der Waals surface area contributed by atoms with E-state index in [9.17, 15) is 0 Å². The Bertz CT molecular complexity index is 1080. The van der Waals surface area contributed by atoms with Crippen molar-refractivity contribution in [3.05, 3.63) is 76.7 Å². The Balaban J connectivity index is 2.52. The Labute approximate surface area is 229 Å². The van der Waals surface area contributed by atoms with Crippen molar-refractivity contribution < 1.29 is 0 Å². The topological polar surface area (TPSA) is 22.2 Å². The molecule has 3 nitrogen and oxygen atoms in total. The molecular weight excluding hydrogens is 634 g/mol. The maximum atomic E-state index is 5.22. The van der Waals surface area contributed by atoms with Gasteiger partial charge in [-0.05, 0) is 45.9 Å². The minimum atomic E-state index is -2.35. The minimum absolute atomic E-state index is 0.394. The molecule has 34 heavy (non-hydrogen) atoms. The largest absolute Gasteiger partial charge is 0.394 e. The Hall–Kier alpha value is -0.893. The third-order valence-electron chi connectivity index (χ3n) is 6.19. The van der Waals surface area contributed by atoms with Gasteiger partial charge in [0.25, 0.3) is 0 Å². The predicted molar refractivity (Wildman–Crippen MR) is 160 cm³/mol. The SMILES string of the molecule is CC(C)c1cccc(C(C)C)c1-n1ccn(-c2c(C(C)C)cccc2C(C)C)c1=N[Si](Br)(Br)Br. The molecule has 0 aliphatic rings. The zero-order valence-electron chi connectivity index (χ0n) is 21.4. The molecule has 184 valence electrons. The minimum Gasteiger partial charge on any atom is -0.286 e. The van der Waals surface area contributed by atoms with Gasteiger partial charge in [-0.25, -0.2) is 0 Å². The fourth-order valence-corrected chi connectivity index (χ4v) is 6.40. The Kier molecular flexibility index (Phi) is 8.97. The molecule has 7 heteroatoms. The van der Waals surface area contributed by atoms with Crippen LogP contribution in [0.25, 0.3) is 11.4 Å². The molecule has 0 unspecified atom stereocenters. The highest BCUT2D eigenvalue weighted by molar-refractivity contribution is 9.71. The van der Waals surface area contributed by atoms with E-state index >= 15 is 0 Å². The van der Waals surface area contributed by atoms with Crippen LogP contribution in [0.15, 0.2) is 53.4 Å². The summed E-state index contributed by atoms with van der Waals surface area (Å²) in [6.07, 6.45) is 4.36. The average Bonchev–Trinajstić information content (AvgIpc) is 3.13. The molecule has 0 aliphatic heterocycles. The maximum absolute atomic E-state index is 5.22. The first kappa shape index (κ1) is 27.7. The van der Waals surface area contributed by atoms with Gasteiger partial charge in [-0.3, -0.25) is 13.8 Å². The zero-order chi connectivity index (χ0) is 25.4. The van der Waals surface area contributed by atoms with E-state index in [2.05, 4.69) is 159 Å². The van der Waals surface area contributed by atoms with E-state index in [0.717, 1.165) is 5.62 Å². The molecule has 0 bridgehead atoms. The van der Waals surface area contributed by atoms with Gasteiger partial charge < -0.3 is 0 Å². The zero-order valence-corrected chi connectivity index (χ0v) is 27.2. The monoisotopic (exact) mass is 667 g/mol. The lowest BCUT2D eigenvalue weighted by Crippen LogP contribution is -2.30. The van der Waals surface area contributed by atoms with E-state index in [4.69, 9.17) is 4.66 Å². The number of hydrogen-bond donors (Lipinski definition) is 0. The molecule has 3 rings (SSSR count). The molecule has 0 spiro atoms. The van der Waals surface area contributed by atoms with Gasteiger partial charge in [0, 0.05) is 12.4 Å². The number of para-hydroxylation sites is 2. The van der Waals surface area contributed by atoms with Gasteiger partial charge in [-0.1, -0.05) is 138 Å². The first-order valence-corrected chi connectivity index (χ1v) is 20.7. The predicted octanol–water partition coefficient (Wildman–Crippen LogP) is 9.28. The smallest absolute Gasteiger partial charge is 0.286 e. The van der Waals surface area contributed by atoms with Gasteiger partial charge in [0.2, 0.25) is 5.62 Å². The summed E-state index contributed by atoms with van der Waals surface area (Å²) < 4.78 is 7.45. The second-order valence-corrected chi connectivity index (χ2v) is 31.2. The first-order chi connectivity index (χ1) is 15.8. The molecule has 0 saturated carbocycles. The quantitative estimate of drug-likeness (QED) is 0.177. The van der Waals surface area contributed by atoms with Crippen LogP contribution < -0.4 is 5.62 Å². The average molecular weight is 670 g/mol. The fourth-order valence-electron chi connectivity index (χ4n) is 4.53. The van der Waals surface area contributed by atoms with E-state index in [1.54, 1.807) is 0 Å². The van der Waals surface area contributed by atoms with E-state index < -0.39 is 4.09 Å². The molecule has 0 aliphatic carbocycles. The van der Waals surface area contributed by atoms with E-state index in [0.29, 0.717) is 23.7 Å². The summed E-state index contributed by atoms with van der Waals surface area (Å²) in [7, 11) is 0. The molecule has 0 N–H and O–H groups in total. The van der Waals surface area contributed by atoms with Crippen LogP contribution in [0.1, 0.15) is 101 Å². The highest BCUT2D eigenvalue weighted by atomic mass is 80.0. The Morgan fingerprint density at radius 2 is 0.882 bits per heavy atom. The van der Waals surface area contributed by atoms with Crippen LogP contribution in [-0.2, 0) is 0 Å². The van der Waals surface area contributed by atoms with Crippen LogP contribution >= 0.6 is 45.9 Å². The molecule has 0 radical (unpaired) electrons. The van der Waals surface area contributed by atoms with Gasteiger partial charge in [-0.15, -0.1) is 0 Å². The van der Waals surface area contributed by atoms with Crippen molar-refractivity contribution in [1.82, 2.24) is 9.13 Å². The van der Waals surface area contributed by atoms with Crippen LogP contribution in [0.5, 0.6) is 0 Å². The van der Waals surface area contributed by atoms with Crippen LogP contribution in [0.3, 0.4) is 0 Å². The lowest BCUT2D eigenvalue weighted by Gasteiger charge is -2.22. The number of nitrogens with zero attached hydrogens (tertiary/aromatic N) is 3. The van der Waals surface area contributed by atoms with Crippen LogP contribution in [0.2, 0.25) is 0 Å². The van der Waals surface area contributed by atoms with Crippen molar-refractivity contribution in [3.63, 3.8) is 0 Å². The summed E-state index contributed by atoms with van der Waals surface area (Å²) in [5, 5.41) is 0. The number of hydrogen-bond acceptors (Lipinski definition) is 1. The van der Waals surface area contributed by atoms with Crippen LogP contribution in [0, 0.1) is 0 Å². The molecular formula is C27H36Br3N3Si. The van der Waals surface area contributed by atoms with Crippen molar-refractivity contribution in [3.8, 4) is 11.4 Å². The summed E-state index contributed by atoms with van der Waals surface area (Å²) in [5.74, 6) is 1.58. The molecule has 0 fully saturated rings. The second kappa shape index (κ2) is 11.0. The van der Waals surface area contributed by atoms with E-state index in [1.165, 1.54) is 33.6 Å². The summed E-state index contributed by atoms with van der Waals surface area (Å²) >= 11 is 11.3. The highest BCUT2D eigenvalue weighted by Gasteiger charge is 2.26. The number of rotatable bonds is 7. The Morgan fingerprint density at radius 1 is 0.588 bits per heavy atom. The third kappa shape index (κ3) is 5.90. The van der Waals surface area contributed by atoms with Gasteiger partial charge >= 0.3 is 4.09 Å². The Morgan fingerprint density at radius 3 is 1.12 bits per heavy atom. The fraction of sp³-hybridized carbons (Fsp3) is 0.444. The van der Waals surface area contributed by atoms with Crippen molar-refractivity contribution in [1.29, 1.82) is 0 Å². The molecule has 1 heterocycles. The summed E-state index contributed by atoms with van der Waals surface area (Å²) in [4.78, 5) is 0. The molecule has 0 saturated heterocycles. The van der Waals surface area contributed by atoms with E-state index in [1.807, 2.05) is 0 Å². The van der Waals surface area contributed by atoms with Gasteiger partial charge in [0.05, 0.1) is 11.4 Å². The molecule has 2 aromatic carbocycles. The molecule has 0 amide bonds. The molecule has 3 aromatic rings. The standard InChI is InChI=1S/C27H36Br3N3Si/c1-17(2)21-11-9-12-22(18(3)4)25(21)32-15-16-33(27(32)31-34(28,29)30)26-23(19(5)6)13-10-14-24(26)20(7)8/h9-20H,1-8H3. The summed E-state index contributed by atoms with van der Waals surface area (Å²) in [6.45, 7) is 18.1. The van der Waals surface area contributed by atoms with Gasteiger partial charge in [-0.2, -0.15) is 0 Å². The van der Waals surface area contributed by atoms with Crippen molar-refractivity contribution in [2.24, 2.45) is 4.66 Å². The highest BCUT2D eigenvalue weighted by Crippen LogP contribution is 2.34. The van der Waals surface area contributed by atoms with Crippen molar-refractivity contribution in [2.45, 2.75) is 79.1 Å². The summed E-state index contributed by atoms with van der Waals surface area (Å²) in [5.41, 5.74) is 8.71. The second-order valence-electron chi connectivity index (χ2n) is 10.1. The number of imidazole rings is 1. The van der Waals surface area contributed by atoms with Crippen molar-refractivity contribution >= 4 is 50.0 Å². The normalized spacial score (nSPS) is 12.4. The number of aromatic nitrogens is 2. The first-order valence-electron chi connectivity index (χ1n) is 12.0. The summed E-state index contributed by atoms with van der Waals surface area (Å²) in [6, 6.07) is 13.4. The lowest BCUT2D eigenvalue weighted by molar-refractivity contribution is 0.765. The lowest BCUT2D eigenvalue weighted by atomic mass is 9.92. The number of halogens is 3.